The van der Waals surface area contributed by atoms with Crippen molar-refractivity contribution in [1.29, 1.82) is 0 Å². The molecule has 0 amide bonds. The van der Waals surface area contributed by atoms with Gasteiger partial charge >= 0.3 is 0 Å². The maximum absolute atomic E-state index is 10.7. The van der Waals surface area contributed by atoms with Gasteiger partial charge in [-0.3, -0.25) is 0 Å². The second-order valence-corrected chi connectivity index (χ2v) is 15.2. The summed E-state index contributed by atoms with van der Waals surface area (Å²) in [7, 11) is 4.29. The van der Waals surface area contributed by atoms with Gasteiger partial charge in [-0.15, -0.1) is 0 Å². The Balaban J connectivity index is 0.0000221. The highest BCUT2D eigenvalue weighted by Crippen LogP contribution is 2.23. The van der Waals surface area contributed by atoms with Crippen molar-refractivity contribution >= 4 is 0 Å². The summed E-state index contributed by atoms with van der Waals surface area (Å²) in [4.78, 5) is 0. The van der Waals surface area contributed by atoms with E-state index < -0.39 is 36.8 Å². The average Bonchev–Trinajstić information content (AvgIpc) is 3.04. The molecule has 1 heterocycles. The summed E-state index contributed by atoms with van der Waals surface area (Å²) >= 11 is 0. The van der Waals surface area contributed by atoms with Crippen LogP contribution in [0.1, 0.15) is 168 Å². The standard InChI is InChI=1S/C39H80NO7.ClH/c1-5-7-9-11-13-15-16-17-18-19-20-21-22-23-25-27-29-40(3,4)31-34(41)32-45-33-35-36(42)37(43)38(44)39(47-35)46-30-28-26-24-14-12-10-8-6-2;/h34-39,41-44H,5-33H2,1-4H3;1H/q+1;/p-1/t34?,35-,36-,37+,38-,39-;/m1./s1. The summed E-state index contributed by atoms with van der Waals surface area (Å²) in [5.74, 6) is 0. The largest absolute Gasteiger partial charge is 1.00 e. The minimum Gasteiger partial charge on any atom is -1.00 e. The van der Waals surface area contributed by atoms with E-state index in [1.54, 1.807) is 0 Å². The number of likely N-dealkylation sites (N-methyl/N-ethyl adjacent to an activating group) is 1. The van der Waals surface area contributed by atoms with E-state index in [1.165, 1.54) is 128 Å². The first kappa shape index (κ1) is 48.0. The number of hydrogen-bond acceptors (Lipinski definition) is 7. The summed E-state index contributed by atoms with van der Waals surface area (Å²) in [5, 5.41) is 41.8. The van der Waals surface area contributed by atoms with E-state index in [-0.39, 0.29) is 25.6 Å². The molecule has 0 spiro atoms. The Morgan fingerprint density at radius 1 is 0.583 bits per heavy atom. The quantitative estimate of drug-likeness (QED) is 0.0580. The van der Waals surface area contributed by atoms with E-state index in [0.29, 0.717) is 13.2 Å². The van der Waals surface area contributed by atoms with Crippen LogP contribution in [-0.2, 0) is 14.2 Å². The van der Waals surface area contributed by atoms with Gasteiger partial charge in [-0.25, -0.2) is 0 Å². The fraction of sp³-hybridized carbons (Fsp3) is 1.00. The minimum absolute atomic E-state index is 0. The molecule has 0 radical (unpaired) electrons. The molecule has 8 nitrogen and oxygen atoms in total. The van der Waals surface area contributed by atoms with Gasteiger partial charge in [0.2, 0.25) is 0 Å². The highest BCUT2D eigenvalue weighted by Gasteiger charge is 2.44. The zero-order valence-electron chi connectivity index (χ0n) is 31.8. The van der Waals surface area contributed by atoms with Crippen LogP contribution in [0.2, 0.25) is 0 Å². The molecule has 0 aromatic heterocycles. The van der Waals surface area contributed by atoms with E-state index in [9.17, 15) is 20.4 Å². The van der Waals surface area contributed by atoms with E-state index in [1.807, 2.05) is 0 Å². The third kappa shape index (κ3) is 25.0. The molecule has 48 heavy (non-hydrogen) atoms. The summed E-state index contributed by atoms with van der Waals surface area (Å²) in [6, 6.07) is 0. The van der Waals surface area contributed by atoms with Crippen LogP contribution < -0.4 is 12.4 Å². The molecule has 1 saturated heterocycles. The number of rotatable bonds is 33. The molecule has 1 aliphatic rings. The average molecular weight is 711 g/mol. The van der Waals surface area contributed by atoms with Crippen molar-refractivity contribution in [3.8, 4) is 0 Å². The Kier molecular flexibility index (Phi) is 31.7. The van der Waals surface area contributed by atoms with Gasteiger partial charge < -0.3 is 51.5 Å². The Bertz CT molecular complexity index is 689. The molecule has 9 heteroatoms. The number of halogens is 1. The summed E-state index contributed by atoms with van der Waals surface area (Å²) in [6.07, 6.45) is 24.8. The normalized spacial score (nSPS) is 22.1. The Labute approximate surface area is 302 Å². The number of hydrogen-bond donors (Lipinski definition) is 4. The van der Waals surface area contributed by atoms with Crippen molar-refractivity contribution in [1.82, 2.24) is 0 Å². The van der Waals surface area contributed by atoms with Crippen LogP contribution in [0.3, 0.4) is 0 Å². The number of aliphatic hydroxyl groups is 4. The van der Waals surface area contributed by atoms with Crippen molar-refractivity contribution in [2.24, 2.45) is 0 Å². The molecule has 0 aromatic carbocycles. The summed E-state index contributed by atoms with van der Waals surface area (Å²) in [5.41, 5.74) is 0. The summed E-state index contributed by atoms with van der Waals surface area (Å²) < 4.78 is 18.0. The van der Waals surface area contributed by atoms with Crippen LogP contribution in [0.15, 0.2) is 0 Å². The monoisotopic (exact) mass is 710 g/mol. The lowest BCUT2D eigenvalue weighted by Gasteiger charge is -2.40. The molecule has 4 N–H and O–H groups in total. The zero-order valence-corrected chi connectivity index (χ0v) is 32.6. The molecule has 6 atom stereocenters. The van der Waals surface area contributed by atoms with E-state index in [0.717, 1.165) is 36.7 Å². The molecule has 0 bridgehead atoms. The Morgan fingerprint density at radius 3 is 1.46 bits per heavy atom. The fourth-order valence-corrected chi connectivity index (χ4v) is 6.75. The number of nitrogens with zero attached hydrogens (tertiary/aromatic N) is 1. The number of quaternary nitrogens is 1. The first-order valence-corrected chi connectivity index (χ1v) is 20.1. The van der Waals surface area contributed by atoms with Gasteiger partial charge in [-0.2, -0.15) is 0 Å². The highest BCUT2D eigenvalue weighted by atomic mass is 35.5. The lowest BCUT2D eigenvalue weighted by atomic mass is 9.99. The van der Waals surface area contributed by atoms with E-state index >= 15 is 0 Å². The molecule has 0 aliphatic carbocycles. The molecular formula is C39H80ClNO7. The molecule has 0 aromatic rings. The first-order valence-electron chi connectivity index (χ1n) is 20.1. The van der Waals surface area contributed by atoms with Gasteiger partial charge in [0, 0.05) is 6.61 Å². The van der Waals surface area contributed by atoms with Crippen LogP contribution in [0.25, 0.3) is 0 Å². The van der Waals surface area contributed by atoms with Gasteiger partial charge in [0.15, 0.2) is 6.29 Å². The first-order chi connectivity index (χ1) is 22.7. The number of aliphatic hydroxyl groups excluding tert-OH is 4. The van der Waals surface area contributed by atoms with Gasteiger partial charge in [0.1, 0.15) is 37.1 Å². The van der Waals surface area contributed by atoms with Gasteiger partial charge in [0.05, 0.1) is 33.9 Å². The molecule has 0 saturated carbocycles. The van der Waals surface area contributed by atoms with Crippen molar-refractivity contribution in [2.75, 3.05) is 47.0 Å². The molecule has 1 aliphatic heterocycles. The second kappa shape index (κ2) is 31.7. The van der Waals surface area contributed by atoms with Crippen molar-refractivity contribution in [3.05, 3.63) is 0 Å². The van der Waals surface area contributed by atoms with Crippen LogP contribution in [0.4, 0.5) is 0 Å². The predicted molar refractivity (Wildman–Crippen MR) is 193 cm³/mol. The van der Waals surface area contributed by atoms with Gasteiger partial charge in [-0.05, 0) is 19.3 Å². The Hall–Kier alpha value is -0.0300. The highest BCUT2D eigenvalue weighted by molar-refractivity contribution is 4.89. The van der Waals surface area contributed by atoms with Crippen LogP contribution in [0.5, 0.6) is 0 Å². The zero-order chi connectivity index (χ0) is 34.6. The number of unbranched alkanes of at least 4 members (excludes halogenated alkanes) is 22. The van der Waals surface area contributed by atoms with Gasteiger partial charge in [-0.1, -0.05) is 149 Å². The van der Waals surface area contributed by atoms with Crippen LogP contribution in [0, 0.1) is 0 Å². The molecule has 290 valence electrons. The fourth-order valence-electron chi connectivity index (χ4n) is 6.75. The maximum atomic E-state index is 10.7. The van der Waals surface area contributed by atoms with Crippen molar-refractivity contribution in [2.45, 2.75) is 205 Å². The third-order valence-electron chi connectivity index (χ3n) is 9.86. The minimum atomic E-state index is -1.37. The lowest BCUT2D eigenvalue weighted by molar-refractivity contribution is -0.893. The molecule has 1 fully saturated rings. The van der Waals surface area contributed by atoms with Crippen molar-refractivity contribution in [3.63, 3.8) is 0 Å². The molecule has 1 rings (SSSR count). The van der Waals surface area contributed by atoms with Gasteiger partial charge in [0.25, 0.3) is 0 Å². The third-order valence-corrected chi connectivity index (χ3v) is 9.86. The summed E-state index contributed by atoms with van der Waals surface area (Å²) in [6.45, 7) is 6.65. The second-order valence-electron chi connectivity index (χ2n) is 15.2. The van der Waals surface area contributed by atoms with Crippen LogP contribution >= 0.6 is 0 Å². The lowest BCUT2D eigenvalue weighted by Crippen LogP contribution is -3.00. The molecular weight excluding hydrogens is 630 g/mol. The maximum Gasteiger partial charge on any atom is 0.186 e. The smallest absolute Gasteiger partial charge is 0.186 e. The predicted octanol–water partition coefficient (Wildman–Crippen LogP) is 4.67. The molecule has 1 unspecified atom stereocenters. The topological polar surface area (TPSA) is 109 Å². The van der Waals surface area contributed by atoms with Crippen LogP contribution in [-0.4, -0.2) is 109 Å². The van der Waals surface area contributed by atoms with E-state index in [2.05, 4.69) is 27.9 Å². The number of ether oxygens (including phenoxy) is 3. The van der Waals surface area contributed by atoms with E-state index in [4.69, 9.17) is 14.2 Å². The van der Waals surface area contributed by atoms with Crippen molar-refractivity contribution < 1.29 is 51.5 Å². The SMILES string of the molecule is CCCCCCCCCCCCCCCCCC[N+](C)(C)CC(O)COC[C@H]1O[C@@H](OCCCCCCCCCC)[C@H](O)[C@@H](O)[C@@H]1O.[Cl-]. The Morgan fingerprint density at radius 2 is 1.00 bits per heavy atom.